The van der Waals surface area contributed by atoms with E-state index in [1.807, 2.05) is 6.92 Å². The molecule has 0 aromatic heterocycles. The largest absolute Gasteiger partial charge is 0.118 e. The number of halogens is 1. The molecular formula is C9H15Cl. The first-order chi connectivity index (χ1) is 4.54. The van der Waals surface area contributed by atoms with E-state index >= 15 is 0 Å². The fraction of sp³-hybridized carbons (Fsp3) is 0.556. The Morgan fingerprint density at radius 2 is 2.00 bits per heavy atom. The van der Waals surface area contributed by atoms with Crippen LogP contribution in [-0.4, -0.2) is 5.38 Å². The summed E-state index contributed by atoms with van der Waals surface area (Å²) in [6.07, 6.45) is 3.03. The predicted octanol–water partition coefficient (Wildman–Crippen LogP) is 3.53. The molecule has 0 N–H and O–H groups in total. The van der Waals surface area contributed by atoms with Crippen molar-refractivity contribution in [2.24, 2.45) is 0 Å². The van der Waals surface area contributed by atoms with Crippen LogP contribution in [0.4, 0.5) is 0 Å². The molecule has 0 spiro atoms. The van der Waals surface area contributed by atoms with Gasteiger partial charge in [0.25, 0.3) is 0 Å². The SMILES string of the molecule is C=C(C)C(Cl)CC=C(C)C. The molecule has 0 aromatic carbocycles. The molecule has 0 bridgehead atoms. The lowest BCUT2D eigenvalue weighted by Crippen LogP contribution is -1.96. The van der Waals surface area contributed by atoms with E-state index in [0.29, 0.717) is 0 Å². The minimum atomic E-state index is 0.106. The van der Waals surface area contributed by atoms with Crippen molar-refractivity contribution in [2.75, 3.05) is 0 Å². The molecule has 0 aliphatic rings. The Balaban J connectivity index is 3.70. The number of allylic oxidation sites excluding steroid dienone is 3. The normalized spacial score (nSPS) is 12.4. The van der Waals surface area contributed by atoms with Crippen LogP contribution in [0.3, 0.4) is 0 Å². The highest BCUT2D eigenvalue weighted by Gasteiger charge is 2.00. The molecule has 0 nitrogen and oxygen atoms in total. The lowest BCUT2D eigenvalue weighted by Gasteiger charge is -2.04. The Bertz CT molecular complexity index is 141. The molecule has 0 aliphatic carbocycles. The molecule has 1 atom stereocenters. The summed E-state index contributed by atoms with van der Waals surface area (Å²) in [5.41, 5.74) is 2.35. The van der Waals surface area contributed by atoms with Gasteiger partial charge in [-0.2, -0.15) is 0 Å². The molecule has 10 heavy (non-hydrogen) atoms. The zero-order valence-electron chi connectivity index (χ0n) is 6.95. The van der Waals surface area contributed by atoms with E-state index < -0.39 is 0 Å². The van der Waals surface area contributed by atoms with Crippen LogP contribution in [0.5, 0.6) is 0 Å². The third-order valence-corrected chi connectivity index (χ3v) is 1.82. The smallest absolute Gasteiger partial charge is 0.0574 e. The zero-order chi connectivity index (χ0) is 8.15. The lowest BCUT2D eigenvalue weighted by molar-refractivity contribution is 0.981. The Morgan fingerprint density at radius 3 is 2.30 bits per heavy atom. The van der Waals surface area contributed by atoms with Crippen molar-refractivity contribution < 1.29 is 0 Å². The molecular weight excluding hydrogens is 144 g/mol. The van der Waals surface area contributed by atoms with E-state index in [-0.39, 0.29) is 5.38 Å². The minimum absolute atomic E-state index is 0.106. The van der Waals surface area contributed by atoms with Crippen molar-refractivity contribution in [2.45, 2.75) is 32.6 Å². The van der Waals surface area contributed by atoms with Crippen LogP contribution in [0.1, 0.15) is 27.2 Å². The standard InChI is InChI=1S/C9H15Cl/c1-7(2)5-6-9(10)8(3)4/h5,9H,3,6H2,1-2,4H3. The Morgan fingerprint density at radius 1 is 1.50 bits per heavy atom. The highest BCUT2D eigenvalue weighted by molar-refractivity contribution is 6.22. The van der Waals surface area contributed by atoms with E-state index in [2.05, 4.69) is 26.5 Å². The van der Waals surface area contributed by atoms with E-state index in [4.69, 9.17) is 11.6 Å². The molecule has 1 unspecified atom stereocenters. The van der Waals surface area contributed by atoms with Crippen LogP contribution in [0.15, 0.2) is 23.8 Å². The third kappa shape index (κ3) is 4.63. The molecule has 0 saturated heterocycles. The number of rotatable bonds is 3. The summed E-state index contributed by atoms with van der Waals surface area (Å²) in [7, 11) is 0. The highest BCUT2D eigenvalue weighted by atomic mass is 35.5. The van der Waals surface area contributed by atoms with E-state index in [1.165, 1.54) is 5.57 Å². The summed E-state index contributed by atoms with van der Waals surface area (Å²) in [6, 6.07) is 0. The van der Waals surface area contributed by atoms with Gasteiger partial charge in [-0.3, -0.25) is 0 Å². The molecule has 0 radical (unpaired) electrons. The maximum atomic E-state index is 5.92. The summed E-state index contributed by atoms with van der Waals surface area (Å²) in [5, 5.41) is 0.106. The summed E-state index contributed by atoms with van der Waals surface area (Å²) in [4.78, 5) is 0. The Hall–Kier alpha value is -0.230. The van der Waals surface area contributed by atoms with Crippen LogP contribution in [0, 0.1) is 0 Å². The maximum Gasteiger partial charge on any atom is 0.0574 e. The van der Waals surface area contributed by atoms with Crippen LogP contribution < -0.4 is 0 Å². The number of hydrogen-bond donors (Lipinski definition) is 0. The number of hydrogen-bond acceptors (Lipinski definition) is 0. The van der Waals surface area contributed by atoms with Crippen LogP contribution >= 0.6 is 11.6 Å². The minimum Gasteiger partial charge on any atom is -0.118 e. The van der Waals surface area contributed by atoms with Gasteiger partial charge in [0, 0.05) is 0 Å². The summed E-state index contributed by atoms with van der Waals surface area (Å²) in [5.74, 6) is 0. The van der Waals surface area contributed by atoms with Crippen molar-refractivity contribution in [3.8, 4) is 0 Å². The molecule has 58 valence electrons. The van der Waals surface area contributed by atoms with Crippen molar-refractivity contribution >= 4 is 11.6 Å². The van der Waals surface area contributed by atoms with Gasteiger partial charge in [-0.15, -0.1) is 11.6 Å². The summed E-state index contributed by atoms with van der Waals surface area (Å²) < 4.78 is 0. The van der Waals surface area contributed by atoms with Gasteiger partial charge in [0.1, 0.15) is 0 Å². The van der Waals surface area contributed by atoms with Crippen molar-refractivity contribution in [3.63, 3.8) is 0 Å². The van der Waals surface area contributed by atoms with E-state index in [1.54, 1.807) is 0 Å². The van der Waals surface area contributed by atoms with Crippen molar-refractivity contribution in [1.82, 2.24) is 0 Å². The average Bonchev–Trinajstić information content (AvgIpc) is 1.82. The van der Waals surface area contributed by atoms with E-state index in [0.717, 1.165) is 12.0 Å². The second-order valence-electron chi connectivity index (χ2n) is 2.83. The molecule has 0 aliphatic heterocycles. The first kappa shape index (κ1) is 9.77. The van der Waals surface area contributed by atoms with Crippen molar-refractivity contribution in [1.29, 1.82) is 0 Å². The van der Waals surface area contributed by atoms with Gasteiger partial charge >= 0.3 is 0 Å². The second-order valence-corrected chi connectivity index (χ2v) is 3.36. The van der Waals surface area contributed by atoms with Gasteiger partial charge in [-0.25, -0.2) is 0 Å². The van der Waals surface area contributed by atoms with Gasteiger partial charge in [0.15, 0.2) is 0 Å². The van der Waals surface area contributed by atoms with Gasteiger partial charge in [-0.05, 0) is 27.2 Å². The van der Waals surface area contributed by atoms with Crippen LogP contribution in [-0.2, 0) is 0 Å². The van der Waals surface area contributed by atoms with Gasteiger partial charge in [0.05, 0.1) is 5.38 Å². The zero-order valence-corrected chi connectivity index (χ0v) is 7.70. The summed E-state index contributed by atoms with van der Waals surface area (Å²) >= 11 is 5.92. The van der Waals surface area contributed by atoms with Crippen molar-refractivity contribution in [3.05, 3.63) is 23.8 Å². The fourth-order valence-electron chi connectivity index (χ4n) is 0.540. The lowest BCUT2D eigenvalue weighted by atomic mass is 10.1. The van der Waals surface area contributed by atoms with Crippen LogP contribution in [0.25, 0.3) is 0 Å². The van der Waals surface area contributed by atoms with Gasteiger partial charge in [0.2, 0.25) is 0 Å². The number of alkyl halides is 1. The predicted molar refractivity (Wildman–Crippen MR) is 48.5 cm³/mol. The molecule has 0 heterocycles. The third-order valence-electron chi connectivity index (χ3n) is 1.27. The first-order valence-corrected chi connectivity index (χ1v) is 3.90. The van der Waals surface area contributed by atoms with Gasteiger partial charge in [-0.1, -0.05) is 23.8 Å². The fourth-order valence-corrected chi connectivity index (χ4v) is 0.629. The second kappa shape index (κ2) is 4.56. The molecule has 0 aromatic rings. The molecule has 1 heteroatoms. The maximum absolute atomic E-state index is 5.92. The molecule has 0 rings (SSSR count). The molecule has 0 fully saturated rings. The Labute approximate surface area is 68.6 Å². The molecule has 0 saturated carbocycles. The van der Waals surface area contributed by atoms with Crippen LogP contribution in [0.2, 0.25) is 0 Å². The quantitative estimate of drug-likeness (QED) is 0.436. The Kier molecular flexibility index (Phi) is 4.46. The van der Waals surface area contributed by atoms with E-state index in [9.17, 15) is 0 Å². The highest BCUT2D eigenvalue weighted by Crippen LogP contribution is 2.12. The topological polar surface area (TPSA) is 0 Å². The monoisotopic (exact) mass is 158 g/mol. The average molecular weight is 159 g/mol. The first-order valence-electron chi connectivity index (χ1n) is 3.47. The summed E-state index contributed by atoms with van der Waals surface area (Å²) in [6.45, 7) is 9.87. The van der Waals surface area contributed by atoms with Gasteiger partial charge < -0.3 is 0 Å². The molecule has 0 amide bonds.